The highest BCUT2D eigenvalue weighted by atomic mass is 19.2. The van der Waals surface area contributed by atoms with E-state index in [0.717, 1.165) is 23.9 Å². The van der Waals surface area contributed by atoms with Gasteiger partial charge in [-0.3, -0.25) is 0 Å². The molecule has 19 heavy (non-hydrogen) atoms. The molecule has 0 radical (unpaired) electrons. The average Bonchev–Trinajstić information content (AvgIpc) is 2.41. The zero-order chi connectivity index (χ0) is 13.8. The van der Waals surface area contributed by atoms with Crippen LogP contribution in [0.2, 0.25) is 0 Å². The maximum atomic E-state index is 13.2. The fourth-order valence-corrected chi connectivity index (χ4v) is 2.78. The lowest BCUT2D eigenvalue weighted by Gasteiger charge is -2.27. The monoisotopic (exact) mass is 267 g/mol. The van der Waals surface area contributed by atoms with Crippen molar-refractivity contribution in [2.75, 3.05) is 6.54 Å². The molecule has 1 aromatic carbocycles. The topological polar surface area (TPSA) is 12.0 Å². The van der Waals surface area contributed by atoms with Gasteiger partial charge in [0, 0.05) is 6.04 Å². The van der Waals surface area contributed by atoms with Crippen molar-refractivity contribution >= 4 is 0 Å². The summed E-state index contributed by atoms with van der Waals surface area (Å²) in [5, 5.41) is 3.44. The number of rotatable bonds is 4. The van der Waals surface area contributed by atoms with E-state index in [1.54, 1.807) is 6.07 Å². The van der Waals surface area contributed by atoms with E-state index in [1.165, 1.54) is 37.8 Å². The molecule has 0 saturated heterocycles. The molecular weight excluding hydrogens is 244 g/mol. The lowest BCUT2D eigenvalue weighted by Crippen LogP contribution is -2.28. The molecule has 0 aliphatic heterocycles. The van der Waals surface area contributed by atoms with Crippen molar-refractivity contribution < 1.29 is 8.78 Å². The van der Waals surface area contributed by atoms with Crippen molar-refractivity contribution in [3.05, 3.63) is 35.4 Å². The third-order valence-corrected chi connectivity index (χ3v) is 4.29. The summed E-state index contributed by atoms with van der Waals surface area (Å²) >= 11 is 0. The summed E-state index contributed by atoms with van der Waals surface area (Å²) in [6.45, 7) is 5.28. The maximum Gasteiger partial charge on any atom is 0.159 e. The summed E-state index contributed by atoms with van der Waals surface area (Å²) in [7, 11) is 0. The quantitative estimate of drug-likeness (QED) is 0.850. The first-order valence-electron chi connectivity index (χ1n) is 7.24. The van der Waals surface area contributed by atoms with E-state index in [0.29, 0.717) is 0 Å². The second-order valence-electron chi connectivity index (χ2n) is 5.93. The van der Waals surface area contributed by atoms with Crippen LogP contribution >= 0.6 is 0 Å². The summed E-state index contributed by atoms with van der Waals surface area (Å²) in [5.41, 5.74) is 0.808. The number of benzene rings is 1. The zero-order valence-corrected chi connectivity index (χ0v) is 11.8. The van der Waals surface area contributed by atoms with Gasteiger partial charge in [0.15, 0.2) is 11.6 Å². The first kappa shape index (κ1) is 14.4. The van der Waals surface area contributed by atoms with Gasteiger partial charge in [0.1, 0.15) is 0 Å². The molecule has 106 valence electrons. The average molecular weight is 267 g/mol. The summed E-state index contributed by atoms with van der Waals surface area (Å²) in [6, 6.07) is 4.20. The summed E-state index contributed by atoms with van der Waals surface area (Å²) in [5.74, 6) is 0.0404. The van der Waals surface area contributed by atoms with Crippen molar-refractivity contribution in [3.63, 3.8) is 0 Å². The van der Waals surface area contributed by atoms with Crippen LogP contribution in [0, 0.1) is 23.5 Å². The highest BCUT2D eigenvalue weighted by Gasteiger charge is 2.18. The van der Waals surface area contributed by atoms with Crippen LogP contribution in [0.5, 0.6) is 0 Å². The molecule has 1 aromatic rings. The Balaban J connectivity index is 1.83. The van der Waals surface area contributed by atoms with Gasteiger partial charge in [-0.05, 0) is 55.8 Å². The molecular formula is C16H23F2N. The van der Waals surface area contributed by atoms with Crippen molar-refractivity contribution in [2.45, 2.75) is 45.6 Å². The molecule has 0 aromatic heterocycles. The van der Waals surface area contributed by atoms with Gasteiger partial charge in [-0.1, -0.05) is 25.8 Å². The number of hydrogen-bond donors (Lipinski definition) is 1. The van der Waals surface area contributed by atoms with Crippen LogP contribution in [-0.2, 0) is 0 Å². The molecule has 1 atom stereocenters. The molecule has 1 aliphatic carbocycles. The molecule has 0 amide bonds. The Kier molecular flexibility index (Phi) is 4.92. The fraction of sp³-hybridized carbons (Fsp3) is 0.625. The Morgan fingerprint density at radius 1 is 1.16 bits per heavy atom. The Hall–Kier alpha value is -0.960. The zero-order valence-electron chi connectivity index (χ0n) is 11.8. The molecule has 1 saturated carbocycles. The minimum Gasteiger partial charge on any atom is -0.310 e. The standard InChI is InChI=1S/C16H23F2N/c1-11-3-5-13(6-4-11)10-19-12(2)14-7-8-15(17)16(18)9-14/h7-9,11-13,19H,3-6,10H2,1-2H3. The van der Waals surface area contributed by atoms with Crippen molar-refractivity contribution in [1.82, 2.24) is 5.32 Å². The van der Waals surface area contributed by atoms with Crippen LogP contribution < -0.4 is 5.32 Å². The van der Waals surface area contributed by atoms with Gasteiger partial charge in [0.05, 0.1) is 0 Å². The highest BCUT2D eigenvalue weighted by molar-refractivity contribution is 5.20. The van der Waals surface area contributed by atoms with Gasteiger partial charge in [-0.25, -0.2) is 8.78 Å². The SMILES string of the molecule is CC1CCC(CNC(C)c2ccc(F)c(F)c2)CC1. The van der Waals surface area contributed by atoms with Crippen molar-refractivity contribution in [2.24, 2.45) is 11.8 Å². The van der Waals surface area contributed by atoms with Crippen LogP contribution in [0.3, 0.4) is 0 Å². The van der Waals surface area contributed by atoms with Gasteiger partial charge < -0.3 is 5.32 Å². The molecule has 0 bridgehead atoms. The Morgan fingerprint density at radius 2 is 1.84 bits per heavy atom. The first-order valence-corrected chi connectivity index (χ1v) is 7.24. The van der Waals surface area contributed by atoms with E-state index < -0.39 is 11.6 Å². The van der Waals surface area contributed by atoms with Crippen molar-refractivity contribution in [1.29, 1.82) is 0 Å². The molecule has 0 heterocycles. The molecule has 1 N–H and O–H groups in total. The van der Waals surface area contributed by atoms with E-state index in [1.807, 2.05) is 6.92 Å². The van der Waals surface area contributed by atoms with E-state index in [-0.39, 0.29) is 6.04 Å². The fourth-order valence-electron chi connectivity index (χ4n) is 2.78. The highest BCUT2D eigenvalue weighted by Crippen LogP contribution is 2.28. The largest absolute Gasteiger partial charge is 0.310 e. The molecule has 1 nitrogen and oxygen atoms in total. The Bertz CT molecular complexity index is 411. The summed E-state index contributed by atoms with van der Waals surface area (Å²) in [6.07, 6.45) is 5.18. The molecule has 2 rings (SSSR count). The van der Waals surface area contributed by atoms with Crippen LogP contribution in [0.15, 0.2) is 18.2 Å². The van der Waals surface area contributed by atoms with Crippen LogP contribution in [0.25, 0.3) is 0 Å². The van der Waals surface area contributed by atoms with Gasteiger partial charge in [-0.2, -0.15) is 0 Å². The summed E-state index contributed by atoms with van der Waals surface area (Å²) < 4.78 is 26.1. The van der Waals surface area contributed by atoms with Gasteiger partial charge in [0.2, 0.25) is 0 Å². The normalized spacial score (nSPS) is 25.3. The predicted octanol–water partition coefficient (Wildman–Crippen LogP) is 4.44. The third kappa shape index (κ3) is 4.00. The minimum absolute atomic E-state index is 0.0643. The van der Waals surface area contributed by atoms with Gasteiger partial charge in [-0.15, -0.1) is 0 Å². The molecule has 0 spiro atoms. The maximum absolute atomic E-state index is 13.2. The molecule has 1 unspecified atom stereocenters. The molecule has 1 aliphatic rings. The van der Waals surface area contributed by atoms with Gasteiger partial charge >= 0.3 is 0 Å². The van der Waals surface area contributed by atoms with Crippen LogP contribution in [-0.4, -0.2) is 6.54 Å². The third-order valence-electron chi connectivity index (χ3n) is 4.29. The van der Waals surface area contributed by atoms with E-state index in [2.05, 4.69) is 12.2 Å². The number of hydrogen-bond acceptors (Lipinski definition) is 1. The second kappa shape index (κ2) is 6.47. The van der Waals surface area contributed by atoms with Crippen LogP contribution in [0.4, 0.5) is 8.78 Å². The molecule has 1 fully saturated rings. The smallest absolute Gasteiger partial charge is 0.159 e. The van der Waals surface area contributed by atoms with Crippen molar-refractivity contribution in [3.8, 4) is 0 Å². The first-order chi connectivity index (χ1) is 9.06. The molecule has 3 heteroatoms. The number of nitrogens with one attached hydrogen (secondary N) is 1. The minimum atomic E-state index is -0.780. The van der Waals surface area contributed by atoms with E-state index in [4.69, 9.17) is 0 Å². The summed E-state index contributed by atoms with van der Waals surface area (Å²) in [4.78, 5) is 0. The lowest BCUT2D eigenvalue weighted by molar-refractivity contribution is 0.276. The van der Waals surface area contributed by atoms with E-state index >= 15 is 0 Å². The second-order valence-corrected chi connectivity index (χ2v) is 5.93. The van der Waals surface area contributed by atoms with Crippen LogP contribution in [0.1, 0.15) is 51.1 Å². The number of halogens is 2. The Labute approximate surface area is 114 Å². The predicted molar refractivity (Wildman–Crippen MR) is 73.9 cm³/mol. The Morgan fingerprint density at radius 3 is 2.47 bits per heavy atom. The van der Waals surface area contributed by atoms with E-state index in [9.17, 15) is 8.78 Å². The lowest BCUT2D eigenvalue weighted by atomic mass is 9.83. The van der Waals surface area contributed by atoms with Gasteiger partial charge in [0.25, 0.3) is 0 Å².